The molecular formula is C19H19NO2. The predicted molar refractivity (Wildman–Crippen MR) is 85.5 cm³/mol. The van der Waals surface area contributed by atoms with Gasteiger partial charge in [-0.3, -0.25) is 4.79 Å². The summed E-state index contributed by atoms with van der Waals surface area (Å²) < 4.78 is 0. The Morgan fingerprint density at radius 2 is 1.82 bits per heavy atom. The molecule has 3 heteroatoms. The number of benzene rings is 2. The lowest BCUT2D eigenvalue weighted by molar-refractivity contribution is -0.137. The predicted octanol–water partition coefficient (Wildman–Crippen LogP) is 4.14. The zero-order valence-electron chi connectivity index (χ0n) is 12.4. The number of rotatable bonds is 7. The third kappa shape index (κ3) is 4.75. The number of carboxylic acid groups (broad SMARTS) is 1. The van der Waals surface area contributed by atoms with Crippen LogP contribution in [0.4, 0.5) is 0 Å². The van der Waals surface area contributed by atoms with E-state index in [-0.39, 0.29) is 12.3 Å². The van der Waals surface area contributed by atoms with Gasteiger partial charge in [-0.1, -0.05) is 54.6 Å². The molecule has 0 heterocycles. The first kappa shape index (κ1) is 15.8. The summed E-state index contributed by atoms with van der Waals surface area (Å²) in [6.45, 7) is 0. The third-order valence-corrected chi connectivity index (χ3v) is 3.64. The van der Waals surface area contributed by atoms with E-state index in [0.717, 1.165) is 12.0 Å². The van der Waals surface area contributed by atoms with Crippen molar-refractivity contribution >= 4 is 5.97 Å². The molecule has 0 radical (unpaired) electrons. The molecule has 0 amide bonds. The van der Waals surface area contributed by atoms with Gasteiger partial charge in [-0.05, 0) is 36.0 Å². The molecule has 22 heavy (non-hydrogen) atoms. The standard InChI is InChI=1S/C19H19NO2/c20-14-18(10-5-11-19(21)22)17-9-4-8-16(13-17)12-15-6-2-1-3-7-15/h1-4,6-9,13,18H,5,10-12H2,(H,21,22). The Labute approximate surface area is 130 Å². The molecule has 1 unspecified atom stereocenters. The van der Waals surface area contributed by atoms with E-state index in [4.69, 9.17) is 5.11 Å². The van der Waals surface area contributed by atoms with Gasteiger partial charge in [-0.25, -0.2) is 0 Å². The summed E-state index contributed by atoms with van der Waals surface area (Å²) in [7, 11) is 0. The van der Waals surface area contributed by atoms with Crippen molar-refractivity contribution in [3.63, 3.8) is 0 Å². The Morgan fingerprint density at radius 3 is 2.50 bits per heavy atom. The van der Waals surface area contributed by atoms with E-state index >= 15 is 0 Å². The summed E-state index contributed by atoms with van der Waals surface area (Å²) >= 11 is 0. The van der Waals surface area contributed by atoms with Crippen LogP contribution in [0.15, 0.2) is 54.6 Å². The number of hydrogen-bond donors (Lipinski definition) is 1. The van der Waals surface area contributed by atoms with Gasteiger partial charge >= 0.3 is 5.97 Å². The van der Waals surface area contributed by atoms with Crippen LogP contribution in [0.1, 0.15) is 41.9 Å². The highest BCUT2D eigenvalue weighted by Crippen LogP contribution is 2.23. The maximum atomic E-state index is 10.6. The Hall–Kier alpha value is -2.60. The average Bonchev–Trinajstić information content (AvgIpc) is 2.52. The van der Waals surface area contributed by atoms with Gasteiger partial charge in [0.2, 0.25) is 0 Å². The van der Waals surface area contributed by atoms with Gasteiger partial charge in [-0.15, -0.1) is 0 Å². The highest BCUT2D eigenvalue weighted by molar-refractivity contribution is 5.66. The molecule has 0 aliphatic rings. The molecule has 0 aromatic heterocycles. The molecule has 0 saturated carbocycles. The Balaban J connectivity index is 2.06. The lowest BCUT2D eigenvalue weighted by atomic mass is 9.92. The SMILES string of the molecule is N#CC(CCCC(=O)O)c1cccc(Cc2ccccc2)c1. The van der Waals surface area contributed by atoms with Gasteiger partial charge in [0.25, 0.3) is 0 Å². The fourth-order valence-corrected chi connectivity index (χ4v) is 2.51. The van der Waals surface area contributed by atoms with Crippen molar-refractivity contribution in [1.82, 2.24) is 0 Å². The maximum absolute atomic E-state index is 10.6. The molecule has 0 aliphatic carbocycles. The van der Waals surface area contributed by atoms with Gasteiger partial charge < -0.3 is 5.11 Å². The van der Waals surface area contributed by atoms with Crippen molar-refractivity contribution in [1.29, 1.82) is 5.26 Å². The molecule has 0 fully saturated rings. The van der Waals surface area contributed by atoms with Crippen LogP contribution in [-0.4, -0.2) is 11.1 Å². The Bertz CT molecular complexity index is 659. The van der Waals surface area contributed by atoms with Crippen LogP contribution in [0.3, 0.4) is 0 Å². The van der Waals surface area contributed by atoms with Crippen LogP contribution in [0.25, 0.3) is 0 Å². The van der Waals surface area contributed by atoms with Crippen LogP contribution >= 0.6 is 0 Å². The van der Waals surface area contributed by atoms with E-state index in [1.54, 1.807) is 0 Å². The van der Waals surface area contributed by atoms with E-state index in [1.807, 2.05) is 30.3 Å². The van der Waals surface area contributed by atoms with Gasteiger partial charge in [-0.2, -0.15) is 5.26 Å². The summed E-state index contributed by atoms with van der Waals surface area (Å²) in [6, 6.07) is 20.5. The van der Waals surface area contributed by atoms with Crippen LogP contribution in [0.5, 0.6) is 0 Å². The van der Waals surface area contributed by atoms with Crippen LogP contribution in [0.2, 0.25) is 0 Å². The van der Waals surface area contributed by atoms with Gasteiger partial charge in [0.1, 0.15) is 0 Å². The van der Waals surface area contributed by atoms with Crippen molar-refractivity contribution in [3.8, 4) is 6.07 Å². The zero-order valence-corrected chi connectivity index (χ0v) is 12.4. The highest BCUT2D eigenvalue weighted by Gasteiger charge is 2.12. The van der Waals surface area contributed by atoms with E-state index in [0.29, 0.717) is 12.8 Å². The molecule has 2 rings (SSSR count). The summed E-state index contributed by atoms with van der Waals surface area (Å²) in [5, 5.41) is 18.0. The first-order chi connectivity index (χ1) is 10.7. The summed E-state index contributed by atoms with van der Waals surface area (Å²) in [5.41, 5.74) is 3.38. The van der Waals surface area contributed by atoms with E-state index in [2.05, 4.69) is 30.3 Å². The first-order valence-corrected chi connectivity index (χ1v) is 7.43. The van der Waals surface area contributed by atoms with E-state index in [1.165, 1.54) is 11.1 Å². The second-order valence-electron chi connectivity index (χ2n) is 5.38. The van der Waals surface area contributed by atoms with Crippen LogP contribution < -0.4 is 0 Å². The fourth-order valence-electron chi connectivity index (χ4n) is 2.51. The molecule has 2 aromatic carbocycles. The molecule has 0 aliphatic heterocycles. The van der Waals surface area contributed by atoms with E-state index < -0.39 is 5.97 Å². The number of carboxylic acids is 1. The molecule has 1 N–H and O–H groups in total. The topological polar surface area (TPSA) is 61.1 Å². The van der Waals surface area contributed by atoms with Gasteiger partial charge in [0.05, 0.1) is 12.0 Å². The van der Waals surface area contributed by atoms with E-state index in [9.17, 15) is 10.1 Å². The molecule has 112 valence electrons. The normalized spacial score (nSPS) is 11.6. The first-order valence-electron chi connectivity index (χ1n) is 7.43. The number of nitriles is 1. The molecular weight excluding hydrogens is 274 g/mol. The number of carbonyl (C=O) groups is 1. The highest BCUT2D eigenvalue weighted by atomic mass is 16.4. The maximum Gasteiger partial charge on any atom is 0.303 e. The largest absolute Gasteiger partial charge is 0.481 e. The van der Waals surface area contributed by atoms with Gasteiger partial charge in [0, 0.05) is 6.42 Å². The lowest BCUT2D eigenvalue weighted by Crippen LogP contribution is -2.00. The molecule has 0 spiro atoms. The minimum atomic E-state index is -0.811. The minimum absolute atomic E-state index is 0.113. The van der Waals surface area contributed by atoms with Gasteiger partial charge in [0.15, 0.2) is 0 Å². The smallest absolute Gasteiger partial charge is 0.303 e. The number of hydrogen-bond acceptors (Lipinski definition) is 2. The third-order valence-electron chi connectivity index (χ3n) is 3.64. The number of aliphatic carboxylic acids is 1. The molecule has 1 atom stereocenters. The zero-order chi connectivity index (χ0) is 15.8. The van der Waals surface area contributed by atoms with Crippen molar-refractivity contribution in [3.05, 3.63) is 71.3 Å². The summed E-state index contributed by atoms with van der Waals surface area (Å²) in [5.74, 6) is -1.05. The Kier molecular flexibility index (Phi) is 5.73. The van der Waals surface area contributed by atoms with Crippen molar-refractivity contribution < 1.29 is 9.90 Å². The summed E-state index contributed by atoms with van der Waals surface area (Å²) in [6.07, 6.45) is 2.05. The number of nitrogens with zero attached hydrogens (tertiary/aromatic N) is 1. The van der Waals surface area contributed by atoms with Crippen molar-refractivity contribution in [2.24, 2.45) is 0 Å². The van der Waals surface area contributed by atoms with Crippen molar-refractivity contribution in [2.75, 3.05) is 0 Å². The quantitative estimate of drug-likeness (QED) is 0.834. The Morgan fingerprint density at radius 1 is 1.09 bits per heavy atom. The lowest BCUT2D eigenvalue weighted by Gasteiger charge is -2.11. The molecule has 0 saturated heterocycles. The minimum Gasteiger partial charge on any atom is -0.481 e. The second kappa shape index (κ2) is 7.99. The van der Waals surface area contributed by atoms with Crippen molar-refractivity contribution in [2.45, 2.75) is 31.6 Å². The average molecular weight is 293 g/mol. The van der Waals surface area contributed by atoms with Crippen LogP contribution in [-0.2, 0) is 11.2 Å². The summed E-state index contributed by atoms with van der Waals surface area (Å²) in [4.78, 5) is 10.6. The molecule has 0 bridgehead atoms. The second-order valence-corrected chi connectivity index (χ2v) is 5.38. The van der Waals surface area contributed by atoms with Crippen LogP contribution in [0, 0.1) is 11.3 Å². The fraction of sp³-hybridized carbons (Fsp3) is 0.263. The molecule has 2 aromatic rings. The monoisotopic (exact) mass is 293 g/mol. The molecule has 3 nitrogen and oxygen atoms in total.